The molecule has 22 heavy (non-hydrogen) atoms. The van der Waals surface area contributed by atoms with E-state index >= 15 is 0 Å². The Hall–Kier alpha value is -1.96. The third-order valence-electron chi connectivity index (χ3n) is 3.16. The molecular formula is C18H24O4. The Morgan fingerprint density at radius 3 is 2.50 bits per heavy atom. The van der Waals surface area contributed by atoms with Crippen molar-refractivity contribution in [1.82, 2.24) is 0 Å². The third kappa shape index (κ3) is 4.52. The van der Waals surface area contributed by atoms with Gasteiger partial charge in [0, 0.05) is 18.2 Å². The van der Waals surface area contributed by atoms with Crippen LogP contribution in [0.15, 0.2) is 24.8 Å². The quantitative estimate of drug-likeness (QED) is 0.399. The maximum Gasteiger partial charge on any atom is 0.164 e. The van der Waals surface area contributed by atoms with E-state index in [1.807, 2.05) is 18.2 Å². The minimum Gasteiger partial charge on any atom is -0.493 e. The van der Waals surface area contributed by atoms with Crippen molar-refractivity contribution in [2.75, 3.05) is 34.5 Å². The molecule has 0 bridgehead atoms. The van der Waals surface area contributed by atoms with Crippen LogP contribution in [0.3, 0.4) is 0 Å². The van der Waals surface area contributed by atoms with Gasteiger partial charge in [-0.3, -0.25) is 0 Å². The summed E-state index contributed by atoms with van der Waals surface area (Å²) in [5, 5.41) is 0. The first kappa shape index (κ1) is 18.1. The van der Waals surface area contributed by atoms with Gasteiger partial charge >= 0.3 is 0 Å². The molecule has 4 heteroatoms. The van der Waals surface area contributed by atoms with Gasteiger partial charge in [0.25, 0.3) is 0 Å². The van der Waals surface area contributed by atoms with Gasteiger partial charge in [-0.05, 0) is 19.4 Å². The maximum atomic E-state index is 5.84. The lowest BCUT2D eigenvalue weighted by molar-refractivity contribution is 0.0428. The molecule has 0 aliphatic heterocycles. The van der Waals surface area contributed by atoms with E-state index in [1.165, 1.54) is 0 Å². The molecule has 0 aliphatic carbocycles. The molecule has 0 radical (unpaired) electrons. The van der Waals surface area contributed by atoms with E-state index < -0.39 is 0 Å². The highest BCUT2D eigenvalue weighted by molar-refractivity contribution is 5.53. The molecule has 1 atom stereocenters. The van der Waals surface area contributed by atoms with E-state index in [9.17, 15) is 0 Å². The van der Waals surface area contributed by atoms with E-state index in [0.29, 0.717) is 31.1 Å². The van der Waals surface area contributed by atoms with Gasteiger partial charge in [-0.1, -0.05) is 18.1 Å². The molecular weight excluding hydrogens is 280 g/mol. The van der Waals surface area contributed by atoms with E-state index in [1.54, 1.807) is 28.3 Å². The highest BCUT2D eigenvalue weighted by Crippen LogP contribution is 2.37. The fraction of sp³-hybridized carbons (Fsp3) is 0.444. The highest BCUT2D eigenvalue weighted by Gasteiger charge is 2.19. The van der Waals surface area contributed by atoms with Crippen molar-refractivity contribution in [3.8, 4) is 23.3 Å². The molecule has 4 nitrogen and oxygen atoms in total. The summed E-state index contributed by atoms with van der Waals surface area (Å²) in [7, 11) is 4.89. The van der Waals surface area contributed by atoms with Crippen LogP contribution in [0, 0.1) is 11.8 Å². The van der Waals surface area contributed by atoms with Crippen molar-refractivity contribution in [3.05, 3.63) is 35.9 Å². The SMILES string of the molecule is C=CCc1c(C(C#CC)OCCOC)ccc(OC)c1OC. The molecule has 1 rings (SSSR count). The van der Waals surface area contributed by atoms with Crippen LogP contribution < -0.4 is 9.47 Å². The van der Waals surface area contributed by atoms with Gasteiger partial charge in [-0.15, -0.1) is 12.5 Å². The lowest BCUT2D eigenvalue weighted by Crippen LogP contribution is -2.11. The molecule has 120 valence electrons. The first-order valence-electron chi connectivity index (χ1n) is 7.10. The van der Waals surface area contributed by atoms with Crippen LogP contribution in [-0.4, -0.2) is 34.5 Å². The van der Waals surface area contributed by atoms with E-state index in [4.69, 9.17) is 18.9 Å². The molecule has 0 saturated carbocycles. The molecule has 1 aromatic rings. The molecule has 0 fully saturated rings. The molecule has 0 saturated heterocycles. The van der Waals surface area contributed by atoms with Crippen LogP contribution in [0.4, 0.5) is 0 Å². The van der Waals surface area contributed by atoms with Gasteiger partial charge in [0.05, 0.1) is 27.4 Å². The van der Waals surface area contributed by atoms with Crippen LogP contribution in [0.25, 0.3) is 0 Å². The molecule has 0 N–H and O–H groups in total. The van der Waals surface area contributed by atoms with Gasteiger partial charge in [-0.2, -0.15) is 0 Å². The molecule has 0 aliphatic rings. The Bertz CT molecular complexity index is 540. The van der Waals surface area contributed by atoms with Crippen LogP contribution in [0.5, 0.6) is 11.5 Å². The predicted molar refractivity (Wildman–Crippen MR) is 87.5 cm³/mol. The average Bonchev–Trinajstić information content (AvgIpc) is 2.54. The Kier molecular flexibility index (Phi) is 8.13. The van der Waals surface area contributed by atoms with Crippen LogP contribution in [-0.2, 0) is 15.9 Å². The molecule has 1 aromatic carbocycles. The second-order valence-corrected chi connectivity index (χ2v) is 4.50. The first-order chi connectivity index (χ1) is 10.7. The smallest absolute Gasteiger partial charge is 0.164 e. The predicted octanol–water partition coefficient (Wildman–Crippen LogP) is 3.16. The summed E-state index contributed by atoms with van der Waals surface area (Å²) in [4.78, 5) is 0. The summed E-state index contributed by atoms with van der Waals surface area (Å²) in [6.45, 7) is 6.60. The van der Waals surface area contributed by atoms with Crippen molar-refractivity contribution >= 4 is 0 Å². The topological polar surface area (TPSA) is 36.9 Å². The number of methoxy groups -OCH3 is 3. The molecule has 1 unspecified atom stereocenters. The molecule has 0 spiro atoms. The normalized spacial score (nSPS) is 11.3. The molecule has 0 heterocycles. The Morgan fingerprint density at radius 2 is 1.95 bits per heavy atom. The van der Waals surface area contributed by atoms with Gasteiger partial charge in [0.2, 0.25) is 0 Å². The summed E-state index contributed by atoms with van der Waals surface area (Å²) in [5.74, 6) is 7.38. The van der Waals surface area contributed by atoms with Crippen molar-refractivity contribution in [2.45, 2.75) is 19.4 Å². The van der Waals surface area contributed by atoms with E-state index in [0.717, 1.165) is 11.1 Å². The fourth-order valence-electron chi connectivity index (χ4n) is 2.20. The number of rotatable bonds is 9. The van der Waals surface area contributed by atoms with Crippen LogP contribution in [0.1, 0.15) is 24.2 Å². The number of allylic oxidation sites excluding steroid dienone is 1. The Balaban J connectivity index is 3.27. The number of ether oxygens (including phenoxy) is 4. The monoisotopic (exact) mass is 304 g/mol. The lowest BCUT2D eigenvalue weighted by atomic mass is 9.98. The molecule has 0 amide bonds. The number of hydrogen-bond donors (Lipinski definition) is 0. The summed E-state index contributed by atoms with van der Waals surface area (Å²) in [6, 6.07) is 3.83. The summed E-state index contributed by atoms with van der Waals surface area (Å²) < 4.78 is 21.7. The summed E-state index contributed by atoms with van der Waals surface area (Å²) >= 11 is 0. The maximum absolute atomic E-state index is 5.84. The van der Waals surface area contributed by atoms with Crippen molar-refractivity contribution in [3.63, 3.8) is 0 Å². The second kappa shape index (κ2) is 9.88. The summed E-state index contributed by atoms with van der Waals surface area (Å²) in [6.07, 6.45) is 2.13. The van der Waals surface area contributed by atoms with E-state index in [-0.39, 0.29) is 6.10 Å². The largest absolute Gasteiger partial charge is 0.493 e. The van der Waals surface area contributed by atoms with Crippen molar-refractivity contribution < 1.29 is 18.9 Å². The minimum atomic E-state index is -0.338. The van der Waals surface area contributed by atoms with Gasteiger partial charge in [-0.25, -0.2) is 0 Å². The summed E-state index contributed by atoms with van der Waals surface area (Å²) in [5.41, 5.74) is 1.94. The third-order valence-corrected chi connectivity index (χ3v) is 3.16. The van der Waals surface area contributed by atoms with Gasteiger partial charge < -0.3 is 18.9 Å². The zero-order chi connectivity index (χ0) is 16.4. The van der Waals surface area contributed by atoms with E-state index in [2.05, 4.69) is 18.4 Å². The zero-order valence-electron chi connectivity index (χ0n) is 13.8. The zero-order valence-corrected chi connectivity index (χ0v) is 13.8. The van der Waals surface area contributed by atoms with Crippen molar-refractivity contribution in [2.24, 2.45) is 0 Å². The second-order valence-electron chi connectivity index (χ2n) is 4.50. The highest BCUT2D eigenvalue weighted by atomic mass is 16.5. The van der Waals surface area contributed by atoms with Crippen LogP contribution >= 0.6 is 0 Å². The van der Waals surface area contributed by atoms with Gasteiger partial charge in [0.1, 0.15) is 6.10 Å². The lowest BCUT2D eigenvalue weighted by Gasteiger charge is -2.20. The van der Waals surface area contributed by atoms with Crippen molar-refractivity contribution in [1.29, 1.82) is 0 Å². The number of hydrogen-bond acceptors (Lipinski definition) is 4. The first-order valence-corrected chi connectivity index (χ1v) is 7.10. The molecule has 0 aromatic heterocycles. The Morgan fingerprint density at radius 1 is 1.18 bits per heavy atom. The fourth-order valence-corrected chi connectivity index (χ4v) is 2.20. The minimum absolute atomic E-state index is 0.338. The average molecular weight is 304 g/mol. The van der Waals surface area contributed by atoms with Gasteiger partial charge in [0.15, 0.2) is 11.5 Å². The standard InChI is InChI=1S/C18H24O4/c1-6-8-15-14(10-11-17(20-4)18(15)21-5)16(9-7-2)22-13-12-19-3/h6,10-11,16H,1,8,12-13H2,2-5H3. The number of benzene rings is 1. The Labute approximate surface area is 133 Å². The van der Waals surface area contributed by atoms with Crippen LogP contribution in [0.2, 0.25) is 0 Å².